The summed E-state index contributed by atoms with van der Waals surface area (Å²) in [5.41, 5.74) is 8.30. The molecule has 3 heterocycles. The zero-order valence-electron chi connectivity index (χ0n) is 25.3. The van der Waals surface area contributed by atoms with Gasteiger partial charge in [0.1, 0.15) is 0 Å². The molecule has 1 unspecified atom stereocenters. The van der Waals surface area contributed by atoms with E-state index in [1.54, 1.807) is 0 Å². The Balaban J connectivity index is 0.925. The molecule has 2 saturated heterocycles. The number of piperidine rings is 2. The Hall–Kier alpha value is -3.72. The van der Waals surface area contributed by atoms with E-state index in [-0.39, 0.29) is 5.92 Å². The predicted octanol–water partition coefficient (Wildman–Crippen LogP) is 7.09. The Labute approximate surface area is 255 Å². The van der Waals surface area contributed by atoms with Gasteiger partial charge in [0.25, 0.3) is 0 Å². The number of nitrogens with zero attached hydrogens (tertiary/aromatic N) is 4. The van der Waals surface area contributed by atoms with Gasteiger partial charge in [-0.15, -0.1) is 0 Å². The lowest BCUT2D eigenvalue weighted by atomic mass is 9.85. The van der Waals surface area contributed by atoms with Crippen LogP contribution in [-0.2, 0) is 26.6 Å². The Bertz CT molecular complexity index is 1650. The van der Waals surface area contributed by atoms with Crippen molar-refractivity contribution < 1.29 is 4.79 Å². The van der Waals surface area contributed by atoms with Crippen LogP contribution in [0.3, 0.4) is 0 Å². The third-order valence-electron chi connectivity index (χ3n) is 10.5. The highest BCUT2D eigenvalue weighted by Gasteiger charge is 2.34. The standard InChI is InChI=1S/C38H42N4O/c1-40-25-34(36-20-29(23-39)7-10-37(36)40)26-42-17-13-30(14-18-42)31-8-9-35-32(21-31)22-33(38(35)43)19-27-11-15-41(16-12-27)24-28-5-3-2-4-6-28/h2-10,20-21,25,27,30,33H,11-19,22,24,26H2,1H3. The fourth-order valence-corrected chi connectivity index (χ4v) is 8.00. The number of fused-ring (bicyclic) bond motifs is 2. The molecular formula is C38H42N4O. The molecule has 43 heavy (non-hydrogen) atoms. The fraction of sp³-hybridized carbons (Fsp3) is 0.421. The minimum atomic E-state index is 0.167. The molecule has 0 amide bonds. The van der Waals surface area contributed by atoms with Gasteiger partial charge in [0.05, 0.1) is 11.6 Å². The maximum Gasteiger partial charge on any atom is 0.166 e. The van der Waals surface area contributed by atoms with E-state index in [2.05, 4.69) is 88.3 Å². The van der Waals surface area contributed by atoms with Crippen molar-refractivity contribution >= 4 is 16.7 Å². The van der Waals surface area contributed by atoms with Crippen molar-refractivity contribution in [2.75, 3.05) is 26.2 Å². The number of ketones is 1. The smallest absolute Gasteiger partial charge is 0.166 e. The SMILES string of the molecule is Cn1cc(CN2CCC(c3ccc4c(c3)CC(CC3CCN(Cc5ccccc5)CC3)C4=O)CC2)c2cc(C#N)ccc21. The van der Waals surface area contributed by atoms with Crippen molar-refractivity contribution in [3.8, 4) is 6.07 Å². The molecule has 4 aromatic rings. The van der Waals surface area contributed by atoms with E-state index in [4.69, 9.17) is 0 Å². The average Bonchev–Trinajstić information content (AvgIpc) is 3.52. The van der Waals surface area contributed by atoms with Crippen LogP contribution in [0.1, 0.15) is 76.2 Å². The van der Waals surface area contributed by atoms with E-state index in [1.807, 2.05) is 12.1 Å². The van der Waals surface area contributed by atoms with Gasteiger partial charge >= 0.3 is 0 Å². The summed E-state index contributed by atoms with van der Waals surface area (Å²) >= 11 is 0. The van der Waals surface area contributed by atoms with E-state index in [9.17, 15) is 10.1 Å². The molecule has 2 aliphatic heterocycles. The van der Waals surface area contributed by atoms with Crippen LogP contribution >= 0.6 is 0 Å². The van der Waals surface area contributed by atoms with Crippen molar-refractivity contribution in [2.24, 2.45) is 18.9 Å². The third kappa shape index (κ3) is 5.92. The minimum absolute atomic E-state index is 0.167. The van der Waals surface area contributed by atoms with Crippen LogP contribution in [0.4, 0.5) is 0 Å². The van der Waals surface area contributed by atoms with E-state index < -0.39 is 0 Å². The Morgan fingerprint density at radius 1 is 0.860 bits per heavy atom. The van der Waals surface area contributed by atoms with Gasteiger partial charge in [-0.05, 0) is 117 Å². The molecule has 0 bridgehead atoms. The van der Waals surface area contributed by atoms with Gasteiger partial charge in [0, 0.05) is 48.7 Å². The van der Waals surface area contributed by atoms with Crippen LogP contribution in [0, 0.1) is 23.2 Å². The van der Waals surface area contributed by atoms with Gasteiger partial charge in [-0.3, -0.25) is 14.6 Å². The first-order valence-electron chi connectivity index (χ1n) is 16.2. The monoisotopic (exact) mass is 570 g/mol. The molecule has 0 N–H and O–H groups in total. The highest BCUT2D eigenvalue weighted by molar-refractivity contribution is 6.02. The largest absolute Gasteiger partial charge is 0.350 e. The summed E-state index contributed by atoms with van der Waals surface area (Å²) in [5.74, 6) is 1.77. The first-order valence-corrected chi connectivity index (χ1v) is 16.2. The predicted molar refractivity (Wildman–Crippen MR) is 172 cm³/mol. The van der Waals surface area contributed by atoms with Gasteiger partial charge in [-0.2, -0.15) is 5.26 Å². The zero-order chi connectivity index (χ0) is 29.3. The first kappa shape index (κ1) is 28.1. The fourth-order valence-electron chi connectivity index (χ4n) is 8.00. The van der Waals surface area contributed by atoms with Gasteiger partial charge in [-0.1, -0.05) is 48.5 Å². The van der Waals surface area contributed by atoms with Crippen molar-refractivity contribution in [3.63, 3.8) is 0 Å². The molecule has 0 saturated carbocycles. The second-order valence-electron chi connectivity index (χ2n) is 13.3. The number of aromatic nitrogens is 1. The zero-order valence-corrected chi connectivity index (χ0v) is 25.3. The number of aryl methyl sites for hydroxylation is 1. The number of nitriles is 1. The molecule has 5 nitrogen and oxygen atoms in total. The lowest BCUT2D eigenvalue weighted by molar-refractivity contribution is 0.0895. The van der Waals surface area contributed by atoms with Crippen molar-refractivity contribution in [1.29, 1.82) is 5.26 Å². The van der Waals surface area contributed by atoms with Crippen LogP contribution in [0.5, 0.6) is 0 Å². The summed E-state index contributed by atoms with van der Waals surface area (Å²) in [6.45, 7) is 6.37. The third-order valence-corrected chi connectivity index (χ3v) is 10.5. The topological polar surface area (TPSA) is 52.3 Å². The van der Waals surface area contributed by atoms with E-state index in [1.165, 1.54) is 46.0 Å². The van der Waals surface area contributed by atoms with Crippen LogP contribution in [0.2, 0.25) is 0 Å². The molecule has 7 rings (SSSR count). The van der Waals surface area contributed by atoms with Gasteiger partial charge in [0.2, 0.25) is 0 Å². The molecule has 3 aromatic carbocycles. The lowest BCUT2D eigenvalue weighted by Crippen LogP contribution is -2.34. The number of carbonyl (C=O) groups is 1. The second-order valence-corrected chi connectivity index (χ2v) is 13.3. The summed E-state index contributed by atoms with van der Waals surface area (Å²) in [6, 6.07) is 25.8. The summed E-state index contributed by atoms with van der Waals surface area (Å²) in [7, 11) is 2.09. The number of likely N-dealkylation sites (tertiary alicyclic amines) is 2. The minimum Gasteiger partial charge on any atom is -0.350 e. The summed E-state index contributed by atoms with van der Waals surface area (Å²) < 4.78 is 2.17. The number of benzene rings is 3. The highest BCUT2D eigenvalue weighted by atomic mass is 16.1. The highest BCUT2D eigenvalue weighted by Crippen LogP contribution is 2.37. The average molecular weight is 571 g/mol. The normalized spacial score (nSPS) is 20.5. The van der Waals surface area contributed by atoms with E-state index in [0.717, 1.165) is 76.1 Å². The van der Waals surface area contributed by atoms with Crippen LogP contribution in [0.15, 0.2) is 72.9 Å². The lowest BCUT2D eigenvalue weighted by Gasteiger charge is -2.33. The molecular weight excluding hydrogens is 528 g/mol. The molecule has 2 fully saturated rings. The maximum atomic E-state index is 13.4. The maximum absolute atomic E-state index is 13.4. The summed E-state index contributed by atoms with van der Waals surface area (Å²) in [5, 5.41) is 10.6. The van der Waals surface area contributed by atoms with Gasteiger partial charge in [-0.25, -0.2) is 0 Å². The Morgan fingerprint density at radius 2 is 1.60 bits per heavy atom. The van der Waals surface area contributed by atoms with Crippen molar-refractivity contribution in [2.45, 2.75) is 57.5 Å². The molecule has 1 atom stereocenters. The summed E-state index contributed by atoms with van der Waals surface area (Å²) in [4.78, 5) is 18.5. The Kier molecular flexibility index (Phi) is 7.91. The van der Waals surface area contributed by atoms with Crippen LogP contribution in [0.25, 0.3) is 10.9 Å². The van der Waals surface area contributed by atoms with Crippen LogP contribution in [-0.4, -0.2) is 46.3 Å². The number of rotatable bonds is 7. The van der Waals surface area contributed by atoms with E-state index in [0.29, 0.717) is 17.6 Å². The Morgan fingerprint density at radius 3 is 2.37 bits per heavy atom. The van der Waals surface area contributed by atoms with Crippen molar-refractivity contribution in [1.82, 2.24) is 14.4 Å². The van der Waals surface area contributed by atoms with Crippen molar-refractivity contribution in [3.05, 3.63) is 106 Å². The molecule has 220 valence electrons. The number of hydrogen-bond donors (Lipinski definition) is 0. The molecule has 5 heteroatoms. The quantitative estimate of drug-likeness (QED) is 0.238. The summed E-state index contributed by atoms with van der Waals surface area (Å²) in [6.07, 6.45) is 8.89. The number of carbonyl (C=O) groups excluding carboxylic acids is 1. The number of Topliss-reactive ketones (excluding diaryl/α,β-unsaturated/α-hetero) is 1. The van der Waals surface area contributed by atoms with E-state index >= 15 is 0 Å². The van der Waals surface area contributed by atoms with Gasteiger partial charge in [0.15, 0.2) is 5.78 Å². The van der Waals surface area contributed by atoms with Gasteiger partial charge < -0.3 is 4.57 Å². The number of hydrogen-bond acceptors (Lipinski definition) is 4. The molecule has 0 spiro atoms. The molecule has 1 aliphatic carbocycles. The molecule has 3 aliphatic rings. The molecule has 1 aromatic heterocycles. The second kappa shape index (κ2) is 12.1. The van der Waals surface area contributed by atoms with Crippen LogP contribution < -0.4 is 0 Å². The molecule has 0 radical (unpaired) electrons. The first-order chi connectivity index (χ1) is 21.0.